The van der Waals surface area contributed by atoms with Crippen molar-refractivity contribution >= 4 is 17.6 Å². The third kappa shape index (κ3) is 7.81. The number of anilines is 1. The van der Waals surface area contributed by atoms with E-state index in [-0.39, 0.29) is 11.9 Å². The van der Waals surface area contributed by atoms with Crippen molar-refractivity contribution in [3.63, 3.8) is 0 Å². The Kier molecular flexibility index (Phi) is 11.0. The van der Waals surface area contributed by atoms with E-state index in [1.807, 2.05) is 48.3 Å². The first-order chi connectivity index (χ1) is 16.4. The molecule has 0 unspecified atom stereocenters. The standard InChI is InChI=1S/C25H34N4O3.H4N2/c1-4-12-29(13-11-20-7-10-23-21(16-20)18-32-25(23)31)15-14-27(2)24(30)17-19-5-8-22(9-6-19)28(3)26;1-2/h5-10,16H,4,11-15,17-18,26H2,1-3H3;1-2H2. The van der Waals surface area contributed by atoms with E-state index in [1.165, 1.54) is 5.56 Å². The molecule has 0 bridgehead atoms. The molecule has 2 aromatic rings. The fraction of sp³-hybridized carbons (Fsp3) is 0.440. The molecule has 1 aliphatic rings. The fourth-order valence-corrected chi connectivity index (χ4v) is 3.86. The van der Waals surface area contributed by atoms with Gasteiger partial charge in [0, 0.05) is 39.3 Å². The molecule has 0 aliphatic carbocycles. The Hall–Kier alpha value is -2.98. The van der Waals surface area contributed by atoms with E-state index in [0.717, 1.165) is 49.3 Å². The third-order valence-electron chi connectivity index (χ3n) is 5.88. The van der Waals surface area contributed by atoms with Crippen LogP contribution in [0.5, 0.6) is 0 Å². The molecule has 1 aliphatic heterocycles. The van der Waals surface area contributed by atoms with Crippen molar-refractivity contribution in [3.05, 3.63) is 64.7 Å². The molecule has 0 fully saturated rings. The highest BCUT2D eigenvalue weighted by atomic mass is 16.5. The highest BCUT2D eigenvalue weighted by Gasteiger charge is 2.21. The van der Waals surface area contributed by atoms with Gasteiger partial charge in [-0.25, -0.2) is 10.6 Å². The number of carbonyl (C=O) groups excluding carboxylic acids is 2. The van der Waals surface area contributed by atoms with Crippen molar-refractivity contribution in [2.75, 3.05) is 45.3 Å². The van der Waals surface area contributed by atoms with Gasteiger partial charge in [-0.3, -0.25) is 16.5 Å². The first-order valence-electron chi connectivity index (χ1n) is 11.5. The van der Waals surface area contributed by atoms with Crippen LogP contribution in [0.4, 0.5) is 5.69 Å². The van der Waals surface area contributed by atoms with Crippen LogP contribution in [0.15, 0.2) is 42.5 Å². The number of hydrogen-bond donors (Lipinski definition) is 3. The van der Waals surface area contributed by atoms with Gasteiger partial charge in [0.25, 0.3) is 0 Å². The molecular weight excluding hydrogens is 432 g/mol. The molecule has 9 nitrogen and oxygen atoms in total. The monoisotopic (exact) mass is 470 g/mol. The van der Waals surface area contributed by atoms with Crippen molar-refractivity contribution < 1.29 is 14.3 Å². The zero-order valence-corrected chi connectivity index (χ0v) is 20.5. The van der Waals surface area contributed by atoms with Crippen LogP contribution in [-0.4, -0.2) is 62.0 Å². The van der Waals surface area contributed by atoms with Crippen molar-refractivity contribution in [2.45, 2.75) is 32.8 Å². The first-order valence-corrected chi connectivity index (χ1v) is 11.5. The van der Waals surface area contributed by atoms with Crippen molar-refractivity contribution in [1.29, 1.82) is 0 Å². The second kappa shape index (κ2) is 13.7. The van der Waals surface area contributed by atoms with Crippen LogP contribution in [0.3, 0.4) is 0 Å². The summed E-state index contributed by atoms with van der Waals surface area (Å²) in [5, 5.41) is 1.55. The number of likely N-dealkylation sites (N-methyl/N-ethyl adjacent to an activating group) is 1. The maximum absolute atomic E-state index is 12.6. The molecule has 0 aromatic heterocycles. The zero-order valence-electron chi connectivity index (χ0n) is 20.5. The number of fused-ring (bicyclic) bond motifs is 1. The van der Waals surface area contributed by atoms with Gasteiger partial charge in [0.2, 0.25) is 5.91 Å². The molecule has 0 radical (unpaired) electrons. The molecule has 3 rings (SSSR count). The summed E-state index contributed by atoms with van der Waals surface area (Å²) in [6, 6.07) is 13.7. The van der Waals surface area contributed by atoms with E-state index < -0.39 is 0 Å². The second-order valence-electron chi connectivity index (χ2n) is 8.43. The van der Waals surface area contributed by atoms with Crippen LogP contribution in [-0.2, 0) is 29.0 Å². The summed E-state index contributed by atoms with van der Waals surface area (Å²) in [7, 11) is 3.65. The van der Waals surface area contributed by atoms with Gasteiger partial charge in [0.05, 0.1) is 17.7 Å². The SMILES string of the molecule is CCCN(CCc1ccc2c(c1)COC2=O)CCN(C)C(=O)Cc1ccc(N(C)N)cc1.NN. The summed E-state index contributed by atoms with van der Waals surface area (Å²) in [6.45, 7) is 5.97. The number of esters is 1. The van der Waals surface area contributed by atoms with E-state index in [9.17, 15) is 9.59 Å². The molecule has 0 atom stereocenters. The summed E-state index contributed by atoms with van der Waals surface area (Å²) in [6.07, 6.45) is 2.35. The highest BCUT2D eigenvalue weighted by Crippen LogP contribution is 2.21. The Bertz CT molecular complexity index is 933. The number of cyclic esters (lactones) is 1. The van der Waals surface area contributed by atoms with Crippen molar-refractivity contribution in [1.82, 2.24) is 9.80 Å². The van der Waals surface area contributed by atoms with Gasteiger partial charge in [-0.05, 0) is 48.7 Å². The van der Waals surface area contributed by atoms with Gasteiger partial charge in [-0.2, -0.15) is 0 Å². The molecule has 0 saturated carbocycles. The predicted octanol–water partition coefficient (Wildman–Crippen LogP) is 1.44. The number of ether oxygens (including phenoxy) is 1. The number of rotatable bonds is 11. The number of nitrogens with zero attached hydrogens (tertiary/aromatic N) is 3. The van der Waals surface area contributed by atoms with Gasteiger partial charge >= 0.3 is 5.97 Å². The van der Waals surface area contributed by atoms with Gasteiger partial charge in [0.15, 0.2) is 0 Å². The minimum atomic E-state index is -0.227. The van der Waals surface area contributed by atoms with Gasteiger partial charge in [-0.1, -0.05) is 31.2 Å². The van der Waals surface area contributed by atoms with Crippen molar-refractivity contribution in [2.24, 2.45) is 17.5 Å². The highest BCUT2D eigenvalue weighted by molar-refractivity contribution is 5.93. The molecule has 186 valence electrons. The Morgan fingerprint density at radius 2 is 1.65 bits per heavy atom. The lowest BCUT2D eigenvalue weighted by molar-refractivity contribution is -0.129. The Labute approximate surface area is 202 Å². The van der Waals surface area contributed by atoms with E-state index in [0.29, 0.717) is 25.1 Å². The molecule has 34 heavy (non-hydrogen) atoms. The average molecular weight is 471 g/mol. The quantitative estimate of drug-likeness (QED) is 0.255. The lowest BCUT2D eigenvalue weighted by Crippen LogP contribution is -2.38. The van der Waals surface area contributed by atoms with E-state index in [2.05, 4.69) is 29.6 Å². The predicted molar refractivity (Wildman–Crippen MR) is 135 cm³/mol. The molecule has 1 amide bonds. The van der Waals surface area contributed by atoms with Gasteiger partial charge in [-0.15, -0.1) is 0 Å². The second-order valence-corrected chi connectivity index (χ2v) is 8.43. The Morgan fingerprint density at radius 3 is 2.29 bits per heavy atom. The van der Waals surface area contributed by atoms with Crippen LogP contribution >= 0.6 is 0 Å². The molecule has 0 saturated heterocycles. The number of carbonyl (C=O) groups is 2. The van der Waals surface area contributed by atoms with E-state index >= 15 is 0 Å². The summed E-state index contributed by atoms with van der Waals surface area (Å²) in [4.78, 5) is 28.5. The average Bonchev–Trinajstić information content (AvgIpc) is 3.22. The lowest BCUT2D eigenvalue weighted by atomic mass is 10.0. The molecule has 2 aromatic carbocycles. The number of benzene rings is 2. The molecular formula is C25H38N6O3. The van der Waals surface area contributed by atoms with Crippen LogP contribution in [0.25, 0.3) is 0 Å². The number of hydrazine groups is 2. The number of hydrogen-bond acceptors (Lipinski definition) is 8. The fourth-order valence-electron chi connectivity index (χ4n) is 3.86. The van der Waals surface area contributed by atoms with Crippen LogP contribution in [0.1, 0.15) is 40.4 Å². The molecule has 9 heteroatoms. The summed E-state index contributed by atoms with van der Waals surface area (Å²) < 4.78 is 5.09. The zero-order chi connectivity index (χ0) is 25.1. The normalized spacial score (nSPS) is 12.0. The van der Waals surface area contributed by atoms with Crippen LogP contribution < -0.4 is 22.5 Å². The summed E-state index contributed by atoms with van der Waals surface area (Å²) >= 11 is 0. The largest absolute Gasteiger partial charge is 0.457 e. The third-order valence-corrected chi connectivity index (χ3v) is 5.88. The number of amides is 1. The first kappa shape index (κ1) is 27.3. The summed E-state index contributed by atoms with van der Waals surface area (Å²) in [5.74, 6) is 13.6. The lowest BCUT2D eigenvalue weighted by Gasteiger charge is -2.25. The van der Waals surface area contributed by atoms with Gasteiger partial charge < -0.3 is 19.5 Å². The Morgan fingerprint density at radius 1 is 0.971 bits per heavy atom. The maximum atomic E-state index is 12.6. The van der Waals surface area contributed by atoms with Crippen LogP contribution in [0, 0.1) is 0 Å². The minimum absolute atomic E-state index is 0.110. The Balaban J connectivity index is 0.00000199. The van der Waals surface area contributed by atoms with Crippen molar-refractivity contribution in [3.8, 4) is 0 Å². The minimum Gasteiger partial charge on any atom is -0.457 e. The smallest absolute Gasteiger partial charge is 0.338 e. The summed E-state index contributed by atoms with van der Waals surface area (Å²) in [5.41, 5.74) is 4.76. The molecule has 0 spiro atoms. The van der Waals surface area contributed by atoms with E-state index in [4.69, 9.17) is 10.6 Å². The van der Waals surface area contributed by atoms with Gasteiger partial charge in [0.1, 0.15) is 6.61 Å². The molecule has 1 heterocycles. The number of nitrogens with two attached hydrogens (primary N) is 3. The molecule has 6 N–H and O–H groups in total. The maximum Gasteiger partial charge on any atom is 0.338 e. The topological polar surface area (TPSA) is 131 Å². The van der Waals surface area contributed by atoms with E-state index in [1.54, 1.807) is 12.1 Å². The van der Waals surface area contributed by atoms with Crippen LogP contribution in [0.2, 0.25) is 0 Å².